The first-order chi connectivity index (χ1) is 13.5. The van der Waals surface area contributed by atoms with Crippen LogP contribution < -0.4 is 9.47 Å². The molecule has 0 bridgehead atoms. The van der Waals surface area contributed by atoms with Crippen molar-refractivity contribution in [3.63, 3.8) is 0 Å². The van der Waals surface area contributed by atoms with Crippen molar-refractivity contribution in [2.45, 2.75) is 31.3 Å². The normalized spacial score (nSPS) is 10.7. The molecule has 3 aromatic rings. The van der Waals surface area contributed by atoms with Crippen LogP contribution in [0.4, 0.5) is 0 Å². The zero-order chi connectivity index (χ0) is 20.1. The summed E-state index contributed by atoms with van der Waals surface area (Å²) in [6.45, 7) is 8.77. The number of methoxy groups -OCH3 is 2. The molecule has 5 nitrogen and oxygen atoms in total. The van der Waals surface area contributed by atoms with Crippen LogP contribution in [0.5, 0.6) is 11.5 Å². The Kier molecular flexibility index (Phi) is 6.41. The molecule has 28 heavy (non-hydrogen) atoms. The fraction of sp³-hybridized carbons (Fsp3) is 0.273. The van der Waals surface area contributed by atoms with Gasteiger partial charge in [-0.05, 0) is 42.7 Å². The van der Waals surface area contributed by atoms with E-state index in [0.717, 1.165) is 22.3 Å². The van der Waals surface area contributed by atoms with E-state index in [1.54, 1.807) is 26.0 Å². The van der Waals surface area contributed by atoms with E-state index in [1.165, 1.54) is 16.7 Å². The van der Waals surface area contributed by atoms with Crippen molar-refractivity contribution in [3.8, 4) is 22.9 Å². The molecule has 0 fully saturated rings. The quantitative estimate of drug-likeness (QED) is 0.394. The van der Waals surface area contributed by atoms with Crippen molar-refractivity contribution >= 4 is 11.8 Å². The van der Waals surface area contributed by atoms with Crippen molar-refractivity contribution in [2.75, 3.05) is 14.2 Å². The number of benzene rings is 2. The van der Waals surface area contributed by atoms with Crippen LogP contribution in [-0.4, -0.2) is 29.0 Å². The summed E-state index contributed by atoms with van der Waals surface area (Å²) in [5.74, 6) is 3.02. The summed E-state index contributed by atoms with van der Waals surface area (Å²) in [4.78, 5) is 0. The third-order valence-corrected chi connectivity index (χ3v) is 5.62. The molecular formula is C22H25N3O2S. The van der Waals surface area contributed by atoms with Gasteiger partial charge in [0.05, 0.1) is 14.2 Å². The molecule has 0 spiro atoms. The molecule has 0 N–H and O–H groups in total. The highest BCUT2D eigenvalue weighted by Gasteiger charge is 2.15. The van der Waals surface area contributed by atoms with Gasteiger partial charge < -0.3 is 9.47 Å². The highest BCUT2D eigenvalue weighted by Crippen LogP contribution is 2.31. The summed E-state index contributed by atoms with van der Waals surface area (Å²) >= 11 is 1.67. The molecule has 3 rings (SSSR count). The first kappa shape index (κ1) is 20.0. The number of hydrogen-bond donors (Lipinski definition) is 0. The maximum absolute atomic E-state index is 5.39. The summed E-state index contributed by atoms with van der Waals surface area (Å²) < 4.78 is 12.8. The second-order valence-electron chi connectivity index (χ2n) is 6.51. The van der Waals surface area contributed by atoms with E-state index in [9.17, 15) is 0 Å². The van der Waals surface area contributed by atoms with Crippen molar-refractivity contribution in [1.82, 2.24) is 14.8 Å². The maximum atomic E-state index is 5.39. The van der Waals surface area contributed by atoms with Gasteiger partial charge in [0.15, 0.2) is 11.0 Å². The van der Waals surface area contributed by atoms with Gasteiger partial charge in [0, 0.05) is 23.9 Å². The number of nitrogens with zero attached hydrogens (tertiary/aromatic N) is 3. The van der Waals surface area contributed by atoms with Crippen LogP contribution in [0.15, 0.2) is 54.2 Å². The van der Waals surface area contributed by atoms with Crippen molar-refractivity contribution in [2.24, 2.45) is 0 Å². The Labute approximate surface area is 170 Å². The van der Waals surface area contributed by atoms with E-state index in [2.05, 4.69) is 53.4 Å². The Hall–Kier alpha value is -2.73. The molecule has 6 heteroatoms. The predicted molar refractivity (Wildman–Crippen MR) is 114 cm³/mol. The SMILES string of the molecule is C=CCn1c(SCc2ccc(C)c(C)c2)nnc1-c1cc(OC)cc(OC)c1. The van der Waals surface area contributed by atoms with Crippen LogP contribution in [0.2, 0.25) is 0 Å². The molecule has 0 atom stereocenters. The molecular weight excluding hydrogens is 370 g/mol. The Balaban J connectivity index is 1.91. The van der Waals surface area contributed by atoms with Crippen LogP contribution in [-0.2, 0) is 12.3 Å². The minimum atomic E-state index is 0.622. The highest BCUT2D eigenvalue weighted by atomic mass is 32.2. The number of hydrogen-bond acceptors (Lipinski definition) is 5. The standard InChI is InChI=1S/C22H25N3O2S/c1-6-9-25-21(18-11-19(26-4)13-20(12-18)27-5)23-24-22(25)28-14-17-8-7-15(2)16(3)10-17/h6-8,10-13H,1,9,14H2,2-5H3. The van der Waals surface area contributed by atoms with Crippen LogP contribution in [0.25, 0.3) is 11.4 Å². The summed E-state index contributed by atoms with van der Waals surface area (Å²) in [6.07, 6.45) is 1.85. The largest absolute Gasteiger partial charge is 0.497 e. The first-order valence-corrected chi connectivity index (χ1v) is 10.0. The Bertz CT molecular complexity index is 960. The van der Waals surface area contributed by atoms with Crippen molar-refractivity contribution < 1.29 is 9.47 Å². The van der Waals surface area contributed by atoms with Gasteiger partial charge in [0.1, 0.15) is 11.5 Å². The number of aryl methyl sites for hydroxylation is 2. The van der Waals surface area contributed by atoms with Crippen LogP contribution >= 0.6 is 11.8 Å². The van der Waals surface area contributed by atoms with E-state index in [1.807, 2.05) is 24.3 Å². The molecule has 1 heterocycles. The van der Waals surface area contributed by atoms with Crippen LogP contribution in [0.3, 0.4) is 0 Å². The van der Waals surface area contributed by atoms with Gasteiger partial charge in [-0.25, -0.2) is 0 Å². The Morgan fingerprint density at radius 2 is 1.71 bits per heavy atom. The second kappa shape index (κ2) is 8.97. The zero-order valence-electron chi connectivity index (χ0n) is 16.7. The second-order valence-corrected chi connectivity index (χ2v) is 7.46. The Morgan fingerprint density at radius 3 is 2.32 bits per heavy atom. The fourth-order valence-corrected chi connectivity index (χ4v) is 3.77. The first-order valence-electron chi connectivity index (χ1n) is 9.02. The van der Waals surface area contributed by atoms with E-state index >= 15 is 0 Å². The molecule has 2 aromatic carbocycles. The van der Waals surface area contributed by atoms with Crippen molar-refractivity contribution in [3.05, 3.63) is 65.7 Å². The van der Waals surface area contributed by atoms with Crippen LogP contribution in [0.1, 0.15) is 16.7 Å². The number of aromatic nitrogens is 3. The summed E-state index contributed by atoms with van der Waals surface area (Å²) in [7, 11) is 3.27. The summed E-state index contributed by atoms with van der Waals surface area (Å²) in [6, 6.07) is 12.3. The molecule has 0 saturated heterocycles. The molecule has 0 unspecified atom stereocenters. The van der Waals surface area contributed by atoms with Crippen molar-refractivity contribution in [1.29, 1.82) is 0 Å². The summed E-state index contributed by atoms with van der Waals surface area (Å²) in [5, 5.41) is 9.71. The number of ether oxygens (including phenoxy) is 2. The minimum absolute atomic E-state index is 0.622. The smallest absolute Gasteiger partial charge is 0.192 e. The maximum Gasteiger partial charge on any atom is 0.192 e. The Morgan fingerprint density at radius 1 is 1.00 bits per heavy atom. The van der Waals surface area contributed by atoms with E-state index in [4.69, 9.17) is 9.47 Å². The number of thioether (sulfide) groups is 1. The van der Waals surface area contributed by atoms with Gasteiger partial charge in [0.2, 0.25) is 0 Å². The lowest BCUT2D eigenvalue weighted by Crippen LogP contribution is -2.01. The molecule has 0 aliphatic rings. The fourth-order valence-electron chi connectivity index (χ4n) is 2.88. The van der Waals surface area contributed by atoms with E-state index < -0.39 is 0 Å². The summed E-state index contributed by atoms with van der Waals surface area (Å²) in [5.41, 5.74) is 4.77. The van der Waals surface area contributed by atoms with Gasteiger partial charge in [0.25, 0.3) is 0 Å². The molecule has 0 radical (unpaired) electrons. The van der Waals surface area contributed by atoms with E-state index in [0.29, 0.717) is 18.0 Å². The lowest BCUT2D eigenvalue weighted by atomic mass is 10.1. The highest BCUT2D eigenvalue weighted by molar-refractivity contribution is 7.98. The number of allylic oxidation sites excluding steroid dienone is 1. The number of rotatable bonds is 8. The van der Waals surface area contributed by atoms with Gasteiger partial charge in [-0.3, -0.25) is 4.57 Å². The molecule has 0 saturated carbocycles. The molecule has 0 amide bonds. The topological polar surface area (TPSA) is 49.2 Å². The van der Waals surface area contributed by atoms with Crippen LogP contribution in [0, 0.1) is 13.8 Å². The van der Waals surface area contributed by atoms with E-state index in [-0.39, 0.29) is 0 Å². The lowest BCUT2D eigenvalue weighted by molar-refractivity contribution is 0.394. The third kappa shape index (κ3) is 4.39. The lowest BCUT2D eigenvalue weighted by Gasteiger charge is -2.11. The van der Waals surface area contributed by atoms with Gasteiger partial charge in [-0.2, -0.15) is 0 Å². The zero-order valence-corrected chi connectivity index (χ0v) is 17.5. The average molecular weight is 396 g/mol. The predicted octanol–water partition coefficient (Wildman–Crippen LogP) is 5.06. The van der Waals surface area contributed by atoms with Gasteiger partial charge in [-0.15, -0.1) is 16.8 Å². The molecule has 1 aromatic heterocycles. The molecule has 146 valence electrons. The molecule has 0 aliphatic heterocycles. The minimum Gasteiger partial charge on any atom is -0.497 e. The molecule has 0 aliphatic carbocycles. The average Bonchev–Trinajstić information content (AvgIpc) is 3.11. The third-order valence-electron chi connectivity index (χ3n) is 4.58. The van der Waals surface area contributed by atoms with Gasteiger partial charge in [-0.1, -0.05) is 36.0 Å². The van der Waals surface area contributed by atoms with Gasteiger partial charge >= 0.3 is 0 Å². The monoisotopic (exact) mass is 395 g/mol.